The number of benzene rings is 1. The second kappa shape index (κ2) is 4.91. The van der Waals surface area contributed by atoms with Gasteiger partial charge < -0.3 is 4.90 Å². The van der Waals surface area contributed by atoms with Crippen molar-refractivity contribution in [3.63, 3.8) is 0 Å². The summed E-state index contributed by atoms with van der Waals surface area (Å²) in [6, 6.07) is 3.84. The van der Waals surface area contributed by atoms with E-state index in [1.165, 1.54) is 4.52 Å². The molecule has 0 amide bonds. The zero-order valence-corrected chi connectivity index (χ0v) is 12.1. The van der Waals surface area contributed by atoms with Crippen molar-refractivity contribution in [3.8, 4) is 11.3 Å². The van der Waals surface area contributed by atoms with Gasteiger partial charge in [-0.25, -0.2) is 18.3 Å². The molecule has 4 rings (SSSR count). The number of hydrogen-bond acceptors (Lipinski definition) is 3. The number of rotatable bonds is 2. The zero-order chi connectivity index (χ0) is 15.3. The van der Waals surface area contributed by atoms with Crippen molar-refractivity contribution in [2.75, 3.05) is 18.0 Å². The molecule has 7 heteroatoms. The molecule has 111 valence electrons. The number of nitrogens with zero attached hydrogens (tertiary/aromatic N) is 4. The summed E-state index contributed by atoms with van der Waals surface area (Å²) in [5.74, 6) is -1.33. The van der Waals surface area contributed by atoms with E-state index >= 15 is 0 Å². The van der Waals surface area contributed by atoms with E-state index in [2.05, 4.69) is 21.2 Å². The highest BCUT2D eigenvalue weighted by Crippen LogP contribution is 2.30. The van der Waals surface area contributed by atoms with Gasteiger partial charge in [-0.05, 0) is 24.6 Å². The average Bonchev–Trinajstić information content (AvgIpc) is 2.86. The molecular weight excluding hydrogens is 310 g/mol. The van der Waals surface area contributed by atoms with Crippen LogP contribution < -0.4 is 4.90 Å². The minimum atomic E-state index is -0.694. The summed E-state index contributed by atoms with van der Waals surface area (Å²) < 4.78 is 29.2. The Bertz CT molecular complexity index is 873. The van der Waals surface area contributed by atoms with Crippen LogP contribution in [0.15, 0.2) is 24.4 Å². The van der Waals surface area contributed by atoms with Crippen LogP contribution in [0, 0.1) is 17.8 Å². The molecule has 0 bridgehead atoms. The van der Waals surface area contributed by atoms with Gasteiger partial charge in [-0.1, -0.05) is 11.6 Å². The van der Waals surface area contributed by atoms with Crippen LogP contribution in [0.4, 0.5) is 14.5 Å². The molecule has 1 aliphatic heterocycles. The molecule has 1 fully saturated rings. The lowest BCUT2D eigenvalue weighted by Crippen LogP contribution is -2.37. The maximum absolute atomic E-state index is 14.1. The molecule has 4 nitrogen and oxygen atoms in total. The third-order valence-electron chi connectivity index (χ3n) is 3.79. The standard InChI is InChI=1S/C15H10ClF2N4/c16-10-7-11(17)9(6-12(10)18)14-8-19-15-13(21-4-1-5-21)2-3-20-22(14)15/h2-3,6-7H,1,4-5H2. The van der Waals surface area contributed by atoms with E-state index in [0.717, 1.165) is 37.3 Å². The molecule has 0 N–H and O–H groups in total. The first-order valence-corrected chi connectivity index (χ1v) is 7.18. The van der Waals surface area contributed by atoms with Crippen LogP contribution in [0.2, 0.25) is 5.02 Å². The van der Waals surface area contributed by atoms with E-state index in [-0.39, 0.29) is 16.3 Å². The fourth-order valence-corrected chi connectivity index (χ4v) is 2.66. The van der Waals surface area contributed by atoms with Crippen molar-refractivity contribution in [2.24, 2.45) is 0 Å². The summed E-state index contributed by atoms with van der Waals surface area (Å²) in [4.78, 5) is 6.36. The Hall–Kier alpha value is -2.21. The van der Waals surface area contributed by atoms with Crippen LogP contribution >= 0.6 is 11.6 Å². The van der Waals surface area contributed by atoms with Gasteiger partial charge in [0.1, 0.15) is 23.5 Å². The van der Waals surface area contributed by atoms with Crippen molar-refractivity contribution >= 4 is 22.9 Å². The number of imidazole rings is 1. The Kier molecular flexibility index (Phi) is 3.00. The van der Waals surface area contributed by atoms with Gasteiger partial charge in [0.15, 0.2) is 5.65 Å². The molecule has 1 radical (unpaired) electrons. The van der Waals surface area contributed by atoms with Crippen molar-refractivity contribution in [1.82, 2.24) is 14.6 Å². The second-order valence-electron chi connectivity index (χ2n) is 5.11. The molecule has 3 aromatic rings. The maximum atomic E-state index is 14.1. The molecule has 0 saturated carbocycles. The Morgan fingerprint density at radius 3 is 2.73 bits per heavy atom. The molecule has 0 atom stereocenters. The molecule has 22 heavy (non-hydrogen) atoms. The monoisotopic (exact) mass is 319 g/mol. The Morgan fingerprint density at radius 2 is 2.00 bits per heavy atom. The molecule has 0 aliphatic carbocycles. The first kappa shape index (κ1) is 13.5. The van der Waals surface area contributed by atoms with Gasteiger partial charge in [0.25, 0.3) is 0 Å². The van der Waals surface area contributed by atoms with Gasteiger partial charge in [-0.2, -0.15) is 5.10 Å². The molecule has 1 saturated heterocycles. The van der Waals surface area contributed by atoms with Gasteiger partial charge in [-0.15, -0.1) is 0 Å². The fraction of sp³-hybridized carbons (Fsp3) is 0.200. The lowest BCUT2D eigenvalue weighted by Gasteiger charge is -2.32. The lowest BCUT2D eigenvalue weighted by molar-refractivity contribution is 0.602. The van der Waals surface area contributed by atoms with Crippen LogP contribution in [0.25, 0.3) is 16.9 Å². The van der Waals surface area contributed by atoms with Gasteiger partial charge in [0, 0.05) is 18.7 Å². The van der Waals surface area contributed by atoms with Gasteiger partial charge in [0.05, 0.1) is 16.9 Å². The van der Waals surface area contributed by atoms with Crippen LogP contribution in [0.1, 0.15) is 6.42 Å². The first-order valence-electron chi connectivity index (χ1n) is 6.80. The van der Waals surface area contributed by atoms with Crippen molar-refractivity contribution in [3.05, 3.63) is 47.2 Å². The first-order chi connectivity index (χ1) is 10.6. The summed E-state index contributed by atoms with van der Waals surface area (Å²) in [7, 11) is 0. The summed E-state index contributed by atoms with van der Waals surface area (Å²) in [5.41, 5.74) is 1.79. The van der Waals surface area contributed by atoms with Crippen LogP contribution in [-0.2, 0) is 0 Å². The second-order valence-corrected chi connectivity index (χ2v) is 5.52. The SMILES string of the molecule is Fc1cc(-c2[c]nc3c(N4CCC4)ccnn23)c(F)cc1Cl. The van der Waals surface area contributed by atoms with E-state index in [0.29, 0.717) is 5.65 Å². The number of hydrogen-bond donors (Lipinski definition) is 0. The third-order valence-corrected chi connectivity index (χ3v) is 4.08. The van der Waals surface area contributed by atoms with Crippen molar-refractivity contribution in [1.29, 1.82) is 0 Å². The van der Waals surface area contributed by atoms with Gasteiger partial charge in [0.2, 0.25) is 0 Å². The van der Waals surface area contributed by atoms with E-state index < -0.39 is 11.6 Å². The van der Waals surface area contributed by atoms with Gasteiger partial charge in [-0.3, -0.25) is 0 Å². The minimum absolute atomic E-state index is 0.0302. The number of fused-ring (bicyclic) bond motifs is 1. The highest BCUT2D eigenvalue weighted by molar-refractivity contribution is 6.30. The predicted octanol–water partition coefficient (Wildman–Crippen LogP) is 3.34. The molecule has 2 aromatic heterocycles. The average molecular weight is 320 g/mol. The summed E-state index contributed by atoms with van der Waals surface area (Å²) in [5, 5.41) is 3.93. The van der Waals surface area contributed by atoms with E-state index in [1.807, 2.05) is 6.07 Å². The largest absolute Gasteiger partial charge is 0.368 e. The number of aromatic nitrogens is 3. The molecule has 0 spiro atoms. The summed E-state index contributed by atoms with van der Waals surface area (Å²) in [6.45, 7) is 1.90. The molecular formula is C15H10ClF2N4. The highest BCUT2D eigenvalue weighted by atomic mass is 35.5. The van der Waals surface area contributed by atoms with Crippen LogP contribution in [0.3, 0.4) is 0 Å². The molecule has 1 aromatic carbocycles. The molecule has 1 aliphatic rings. The third kappa shape index (κ3) is 1.94. The Morgan fingerprint density at radius 1 is 1.18 bits per heavy atom. The van der Waals surface area contributed by atoms with E-state index in [1.54, 1.807) is 6.20 Å². The predicted molar refractivity (Wildman–Crippen MR) is 79.0 cm³/mol. The van der Waals surface area contributed by atoms with Crippen LogP contribution in [-0.4, -0.2) is 27.7 Å². The van der Waals surface area contributed by atoms with Crippen LogP contribution in [0.5, 0.6) is 0 Å². The fourth-order valence-electron chi connectivity index (χ4n) is 2.51. The lowest BCUT2D eigenvalue weighted by atomic mass is 10.1. The minimum Gasteiger partial charge on any atom is -0.368 e. The number of anilines is 1. The molecule has 3 heterocycles. The maximum Gasteiger partial charge on any atom is 0.178 e. The Labute approximate surface area is 129 Å². The Balaban J connectivity index is 1.91. The van der Waals surface area contributed by atoms with Crippen molar-refractivity contribution < 1.29 is 8.78 Å². The molecule has 0 unspecified atom stereocenters. The quantitative estimate of drug-likeness (QED) is 0.679. The topological polar surface area (TPSA) is 33.4 Å². The van der Waals surface area contributed by atoms with E-state index in [9.17, 15) is 8.78 Å². The summed E-state index contributed by atoms with van der Waals surface area (Å²) in [6.07, 6.45) is 5.48. The van der Waals surface area contributed by atoms with E-state index in [4.69, 9.17) is 11.6 Å². The number of halogens is 3. The van der Waals surface area contributed by atoms with Gasteiger partial charge >= 0.3 is 0 Å². The summed E-state index contributed by atoms with van der Waals surface area (Å²) >= 11 is 5.59. The zero-order valence-electron chi connectivity index (χ0n) is 11.4. The smallest absolute Gasteiger partial charge is 0.178 e. The highest BCUT2D eigenvalue weighted by Gasteiger charge is 2.21. The normalized spacial score (nSPS) is 14.4. The van der Waals surface area contributed by atoms with Crippen molar-refractivity contribution in [2.45, 2.75) is 6.42 Å².